The molecule has 1 unspecified atom stereocenters. The van der Waals surface area contributed by atoms with Crippen LogP contribution in [-0.2, 0) is 19.1 Å². The fraction of sp³-hybridized carbons (Fsp3) is 0.483. The molecule has 3 aliphatic heterocycles. The van der Waals surface area contributed by atoms with Gasteiger partial charge in [0.05, 0.1) is 25.3 Å². The molecule has 2 bridgehead atoms. The van der Waals surface area contributed by atoms with E-state index < -0.39 is 30.8 Å². The number of hydrogen-bond donors (Lipinski definition) is 2. The van der Waals surface area contributed by atoms with Crippen LogP contribution in [-0.4, -0.2) is 89.6 Å². The third kappa shape index (κ3) is 7.38. The largest absolute Gasteiger partial charge is 0.751 e. The molecule has 1 atom stereocenters. The molecule has 4 heterocycles. The monoisotopic (exact) mass is 666 g/mol. The van der Waals surface area contributed by atoms with E-state index in [0.717, 1.165) is 53.4 Å². The second-order valence-electron chi connectivity index (χ2n) is 11.5. The summed E-state index contributed by atoms with van der Waals surface area (Å²) in [6, 6.07) is 10.6. The van der Waals surface area contributed by atoms with Crippen LogP contribution in [0.1, 0.15) is 24.0 Å². The number of hydrogen-bond acceptors (Lipinski definition) is 9. The molecule has 0 saturated carbocycles. The van der Waals surface area contributed by atoms with Crippen molar-refractivity contribution >= 4 is 39.7 Å². The van der Waals surface area contributed by atoms with Gasteiger partial charge >= 0.3 is 8.25 Å². The lowest BCUT2D eigenvalue weighted by molar-refractivity contribution is -1.08. The van der Waals surface area contributed by atoms with E-state index in [0.29, 0.717) is 17.9 Å². The maximum atomic E-state index is 13.7. The highest BCUT2D eigenvalue weighted by Gasteiger charge is 2.48. The lowest BCUT2D eigenvalue weighted by Gasteiger charge is -2.55. The molecular formula is C29H38FN5O6PS2+3. The predicted molar refractivity (Wildman–Crippen MR) is 165 cm³/mol. The van der Waals surface area contributed by atoms with Gasteiger partial charge in [0.2, 0.25) is 0 Å². The molecule has 3 aromatic rings. The third-order valence-corrected chi connectivity index (χ3v) is 12.8. The van der Waals surface area contributed by atoms with Gasteiger partial charge in [-0.1, -0.05) is 4.52 Å². The van der Waals surface area contributed by atoms with Gasteiger partial charge in [0.15, 0.2) is 12.5 Å². The van der Waals surface area contributed by atoms with E-state index in [2.05, 4.69) is 4.72 Å². The summed E-state index contributed by atoms with van der Waals surface area (Å²) in [6.07, 6.45) is 2.06. The maximum absolute atomic E-state index is 13.7. The van der Waals surface area contributed by atoms with Gasteiger partial charge in [-0.25, -0.2) is 17.3 Å². The van der Waals surface area contributed by atoms with Crippen molar-refractivity contribution in [3.63, 3.8) is 0 Å². The summed E-state index contributed by atoms with van der Waals surface area (Å²) in [4.78, 5) is 0. The summed E-state index contributed by atoms with van der Waals surface area (Å²) < 4.78 is 73.5. The van der Waals surface area contributed by atoms with Crippen LogP contribution in [0.15, 0.2) is 40.6 Å². The second kappa shape index (κ2) is 13.7. The number of rotatable bonds is 15. The Morgan fingerprint density at radius 3 is 2.34 bits per heavy atom. The molecule has 0 spiro atoms. The van der Waals surface area contributed by atoms with Gasteiger partial charge in [0, 0.05) is 33.6 Å². The van der Waals surface area contributed by atoms with Gasteiger partial charge in [0.1, 0.15) is 61.1 Å². The number of piperazine rings is 3. The van der Waals surface area contributed by atoms with E-state index in [9.17, 15) is 17.4 Å². The molecule has 0 amide bonds. The summed E-state index contributed by atoms with van der Waals surface area (Å²) in [7, 11) is -6.79. The molecule has 3 N–H and O–H groups in total. The van der Waals surface area contributed by atoms with E-state index in [4.69, 9.17) is 24.8 Å². The van der Waals surface area contributed by atoms with Crippen molar-refractivity contribution in [2.45, 2.75) is 24.0 Å². The minimum Gasteiger partial charge on any atom is -0.493 e. The topological polar surface area (TPSA) is 141 Å². The van der Waals surface area contributed by atoms with Gasteiger partial charge < -0.3 is 19.4 Å². The third-order valence-electron chi connectivity index (χ3n) is 8.80. The fourth-order valence-corrected chi connectivity index (χ4v) is 9.39. The highest BCUT2D eigenvalue weighted by Crippen LogP contribution is 2.36. The number of nitriles is 1. The molecular weight excluding hydrogens is 628 g/mol. The van der Waals surface area contributed by atoms with Crippen LogP contribution in [0, 0.1) is 24.1 Å². The number of thiophene rings is 1. The number of aryl methyl sites for hydroxylation is 1. The number of sulfonamides is 1. The van der Waals surface area contributed by atoms with Crippen molar-refractivity contribution in [2.24, 2.45) is 5.73 Å². The molecule has 2 aromatic carbocycles. The second-order valence-corrected chi connectivity index (χ2v) is 15.4. The van der Waals surface area contributed by atoms with Crippen molar-refractivity contribution < 1.29 is 40.1 Å². The lowest BCUT2D eigenvalue weighted by Crippen LogP contribution is -2.75. The number of nitrogens with one attached hydrogen (secondary N) is 1. The molecule has 236 valence electrons. The molecule has 6 rings (SSSR count). The Bertz CT molecular complexity index is 1650. The number of nitrogens with two attached hydrogens (primary N) is 1. The van der Waals surface area contributed by atoms with Crippen molar-refractivity contribution in [1.82, 2.24) is 4.72 Å². The number of quaternary nitrogens is 2. The van der Waals surface area contributed by atoms with E-state index in [-0.39, 0.29) is 15.5 Å². The Kier molecular flexibility index (Phi) is 10.2. The van der Waals surface area contributed by atoms with E-state index in [1.54, 1.807) is 13.0 Å². The zero-order valence-corrected chi connectivity index (χ0v) is 27.2. The van der Waals surface area contributed by atoms with Gasteiger partial charge in [-0.2, -0.15) is 9.98 Å². The number of benzene rings is 2. The molecule has 15 heteroatoms. The quantitative estimate of drug-likeness (QED) is 0.107. The summed E-state index contributed by atoms with van der Waals surface area (Å²) in [6.45, 7) is 12.2. The Balaban J connectivity index is 1.11. The normalized spacial score (nSPS) is 21.7. The first-order valence-electron chi connectivity index (χ1n) is 14.6. The number of ether oxygens (including phenoxy) is 1. The number of halogens is 1. The Hall–Kier alpha value is -2.73. The Morgan fingerprint density at radius 2 is 1.70 bits per heavy atom. The van der Waals surface area contributed by atoms with Gasteiger partial charge in [-0.15, -0.1) is 11.3 Å². The minimum absolute atomic E-state index is 0.116. The van der Waals surface area contributed by atoms with Gasteiger partial charge in [-0.3, -0.25) is 0 Å². The molecule has 3 fully saturated rings. The average molecular weight is 667 g/mol. The van der Waals surface area contributed by atoms with Crippen LogP contribution in [0.5, 0.6) is 11.5 Å². The van der Waals surface area contributed by atoms with Crippen LogP contribution < -0.4 is 19.7 Å². The van der Waals surface area contributed by atoms with Crippen molar-refractivity contribution in [2.75, 3.05) is 72.2 Å². The Labute approximate surface area is 262 Å². The lowest BCUT2D eigenvalue weighted by atomic mass is 10.1. The fourth-order valence-electron chi connectivity index (χ4n) is 6.13. The molecule has 0 radical (unpaired) electrons. The first-order valence-corrected chi connectivity index (χ1v) is 18.0. The van der Waals surface area contributed by atoms with Crippen LogP contribution in [0.2, 0.25) is 0 Å². The van der Waals surface area contributed by atoms with Gasteiger partial charge in [-0.05, 0) is 49.4 Å². The number of nitrogens with zero attached hydrogens (tertiary/aromatic N) is 3. The average Bonchev–Trinajstić information content (AvgIpc) is 3.36. The van der Waals surface area contributed by atoms with Crippen LogP contribution in [0.25, 0.3) is 10.1 Å². The summed E-state index contributed by atoms with van der Waals surface area (Å²) in [5.74, 6) is -0.253. The SMILES string of the molecule is Cc1c(S(=O)(=O)NCO[P+](=O)Oc2ccc(C#N)c(F)c2)sc2ccc(OCCC[N+]34CC[N+](CCCN)(CC3)CC4)cc12. The highest BCUT2D eigenvalue weighted by molar-refractivity contribution is 7.91. The Morgan fingerprint density at radius 1 is 1.05 bits per heavy atom. The minimum atomic E-state index is -3.99. The smallest absolute Gasteiger partial charge is 0.493 e. The van der Waals surface area contributed by atoms with E-state index >= 15 is 0 Å². The zero-order chi connectivity index (χ0) is 31.4. The molecule has 3 aliphatic rings. The summed E-state index contributed by atoms with van der Waals surface area (Å²) in [5, 5.41) is 9.58. The number of fused-ring (bicyclic) bond motifs is 4. The van der Waals surface area contributed by atoms with E-state index in [1.807, 2.05) is 18.2 Å². The summed E-state index contributed by atoms with van der Waals surface area (Å²) in [5.41, 5.74) is 6.14. The van der Waals surface area contributed by atoms with Crippen molar-refractivity contribution in [3.8, 4) is 17.6 Å². The highest BCUT2D eigenvalue weighted by atomic mass is 32.2. The molecule has 3 saturated heterocycles. The first-order chi connectivity index (χ1) is 21.1. The molecule has 11 nitrogen and oxygen atoms in total. The van der Waals surface area contributed by atoms with Crippen LogP contribution in [0.3, 0.4) is 0 Å². The molecule has 44 heavy (non-hydrogen) atoms. The van der Waals surface area contributed by atoms with Crippen LogP contribution >= 0.6 is 19.6 Å². The standard InChI is InChI=1S/C29H38FN5O6PS2/c1-22-26-18-24(39-17-3-10-35-14-11-34(12-15-35,13-16-35)9-2-8-31)6-7-28(26)43-29(22)44(37,38)33-21-40-42(36)41-25-5-4-23(20-32)27(30)19-25/h4-7,18-19,33H,2-3,8-17,21,31H2,1H3/q+3. The zero-order valence-electron chi connectivity index (χ0n) is 24.7. The van der Waals surface area contributed by atoms with E-state index in [1.165, 1.54) is 66.9 Å². The first kappa shape index (κ1) is 32.7. The van der Waals surface area contributed by atoms with Gasteiger partial charge in [0.25, 0.3) is 10.0 Å². The predicted octanol–water partition coefficient (Wildman–Crippen LogP) is 3.99. The van der Waals surface area contributed by atoms with Crippen molar-refractivity contribution in [1.29, 1.82) is 5.26 Å². The molecule has 1 aromatic heterocycles. The maximum Gasteiger partial charge on any atom is 0.751 e. The molecule has 0 aliphatic carbocycles. The van der Waals surface area contributed by atoms with Crippen molar-refractivity contribution in [3.05, 3.63) is 53.3 Å². The summed E-state index contributed by atoms with van der Waals surface area (Å²) >= 11 is 1.12. The van der Waals surface area contributed by atoms with Crippen LogP contribution in [0.4, 0.5) is 4.39 Å².